The van der Waals surface area contributed by atoms with Gasteiger partial charge in [-0.25, -0.2) is 4.98 Å². The maximum absolute atomic E-state index is 11.5. The summed E-state index contributed by atoms with van der Waals surface area (Å²) < 4.78 is 0. The second-order valence-corrected chi connectivity index (χ2v) is 9.45. The van der Waals surface area contributed by atoms with Crippen LogP contribution in [0.5, 0.6) is 0 Å². The van der Waals surface area contributed by atoms with Gasteiger partial charge in [-0.2, -0.15) is 0 Å². The molecule has 158 valence electrons. The summed E-state index contributed by atoms with van der Waals surface area (Å²) in [4.78, 5) is 10.5. The van der Waals surface area contributed by atoms with Crippen molar-refractivity contribution >= 4 is 11.0 Å². The molecule has 3 aliphatic carbocycles. The molecule has 1 aromatic carbocycles. The van der Waals surface area contributed by atoms with Crippen molar-refractivity contribution < 1.29 is 5.11 Å². The highest BCUT2D eigenvalue weighted by Gasteiger charge is 2.48. The van der Waals surface area contributed by atoms with Gasteiger partial charge in [0.25, 0.3) is 0 Å². The molecule has 1 saturated carbocycles. The predicted molar refractivity (Wildman–Crippen MR) is 120 cm³/mol. The Balaban J connectivity index is 1.27. The van der Waals surface area contributed by atoms with E-state index in [0.29, 0.717) is 11.8 Å². The molecule has 0 amide bonds. The third-order valence-corrected chi connectivity index (χ3v) is 7.41. The molecule has 0 unspecified atom stereocenters. The number of H-pyrrole nitrogens is 1. The Morgan fingerprint density at radius 3 is 2.79 bits per heavy atom. The largest absolute Gasteiger partial charge is 0.389 e. The predicted octanol–water partition coefficient (Wildman–Crippen LogP) is 5.10. The number of rotatable bonds is 9. The van der Waals surface area contributed by atoms with Crippen LogP contribution in [-0.2, 0) is 6.42 Å². The maximum Gasteiger partial charge on any atom is 0.107 e. The van der Waals surface area contributed by atoms with Crippen LogP contribution in [0.25, 0.3) is 11.0 Å². The molecule has 2 N–H and O–H groups in total. The fraction of sp³-hybridized carbons (Fsp3) is 0.640. The number of hydrogen-bond donors (Lipinski definition) is 2. The fourth-order valence-corrected chi connectivity index (χ4v) is 5.85. The second-order valence-electron chi connectivity index (χ2n) is 9.45. The van der Waals surface area contributed by atoms with Gasteiger partial charge in [0.2, 0.25) is 0 Å². The summed E-state index contributed by atoms with van der Waals surface area (Å²) in [5.74, 6) is 2.09. The van der Waals surface area contributed by atoms with E-state index in [1.54, 1.807) is 5.57 Å². The number of imidazole rings is 1. The van der Waals surface area contributed by atoms with Crippen molar-refractivity contribution in [1.29, 1.82) is 0 Å². The lowest BCUT2D eigenvalue weighted by molar-refractivity contribution is -0.0685. The molecule has 0 aliphatic heterocycles. The fourth-order valence-electron chi connectivity index (χ4n) is 5.85. The van der Waals surface area contributed by atoms with Crippen molar-refractivity contribution in [2.75, 3.05) is 20.1 Å². The Morgan fingerprint density at radius 1 is 1.21 bits per heavy atom. The minimum atomic E-state index is -0.489. The molecule has 0 radical (unpaired) electrons. The van der Waals surface area contributed by atoms with E-state index in [4.69, 9.17) is 0 Å². The van der Waals surface area contributed by atoms with Crippen molar-refractivity contribution in [3.63, 3.8) is 0 Å². The molecule has 29 heavy (non-hydrogen) atoms. The van der Waals surface area contributed by atoms with E-state index < -0.39 is 5.60 Å². The second kappa shape index (κ2) is 8.61. The molecule has 3 aliphatic rings. The van der Waals surface area contributed by atoms with Crippen LogP contribution in [0.1, 0.15) is 64.6 Å². The summed E-state index contributed by atoms with van der Waals surface area (Å²) in [7, 11) is 2.19. The Labute approximate surface area is 175 Å². The van der Waals surface area contributed by atoms with E-state index in [-0.39, 0.29) is 0 Å². The van der Waals surface area contributed by atoms with Crippen molar-refractivity contribution in [3.05, 3.63) is 41.2 Å². The van der Waals surface area contributed by atoms with Crippen LogP contribution in [0, 0.1) is 11.8 Å². The monoisotopic (exact) mass is 395 g/mol. The first kappa shape index (κ1) is 20.6. The quantitative estimate of drug-likeness (QED) is 0.581. The molecular formula is C25H37N3O. The van der Waals surface area contributed by atoms with E-state index in [2.05, 4.69) is 47.9 Å². The van der Waals surface area contributed by atoms with E-state index in [1.165, 1.54) is 31.3 Å². The zero-order valence-electron chi connectivity index (χ0n) is 18.4. The lowest BCUT2D eigenvalue weighted by atomic mass is 9.58. The molecule has 1 heterocycles. The molecule has 0 spiro atoms. The van der Waals surface area contributed by atoms with Gasteiger partial charge in [-0.1, -0.05) is 36.6 Å². The Kier molecular flexibility index (Phi) is 6.12. The third kappa shape index (κ3) is 4.29. The first-order valence-electron chi connectivity index (χ1n) is 11.5. The molecule has 4 heteroatoms. The zero-order chi connectivity index (χ0) is 20.4. The Hall–Kier alpha value is -1.65. The highest BCUT2D eigenvalue weighted by atomic mass is 16.3. The molecular weight excluding hydrogens is 358 g/mol. The summed E-state index contributed by atoms with van der Waals surface area (Å²) in [6, 6.07) is 8.22. The molecule has 1 aromatic heterocycles. The number of allylic oxidation sites excluding steroid dienone is 1. The van der Waals surface area contributed by atoms with Crippen molar-refractivity contribution in [2.24, 2.45) is 11.8 Å². The summed E-state index contributed by atoms with van der Waals surface area (Å²) in [5.41, 5.74) is 4.88. The van der Waals surface area contributed by atoms with Gasteiger partial charge >= 0.3 is 0 Å². The topological polar surface area (TPSA) is 52.1 Å². The lowest BCUT2D eigenvalue weighted by Gasteiger charge is -2.51. The van der Waals surface area contributed by atoms with Gasteiger partial charge in [0.1, 0.15) is 5.82 Å². The summed E-state index contributed by atoms with van der Waals surface area (Å²) in [6.45, 7) is 6.57. The van der Waals surface area contributed by atoms with Crippen molar-refractivity contribution in [3.8, 4) is 0 Å². The van der Waals surface area contributed by atoms with Gasteiger partial charge < -0.3 is 15.0 Å². The number of aromatic amines is 1. The molecule has 1 fully saturated rings. The van der Waals surface area contributed by atoms with Crippen LogP contribution >= 0.6 is 0 Å². The van der Waals surface area contributed by atoms with E-state index >= 15 is 0 Å². The number of fused-ring (bicyclic) bond motifs is 3. The highest BCUT2D eigenvalue weighted by Crippen LogP contribution is 2.52. The average Bonchev–Trinajstić information content (AvgIpc) is 3.12. The van der Waals surface area contributed by atoms with Crippen LogP contribution in [-0.4, -0.2) is 45.7 Å². The van der Waals surface area contributed by atoms with Crippen LogP contribution in [0.4, 0.5) is 0 Å². The molecule has 2 bridgehead atoms. The maximum atomic E-state index is 11.5. The van der Waals surface area contributed by atoms with Gasteiger partial charge in [-0.3, -0.25) is 0 Å². The number of nitrogens with one attached hydrogen (secondary N) is 1. The van der Waals surface area contributed by atoms with Crippen molar-refractivity contribution in [1.82, 2.24) is 14.9 Å². The molecule has 2 aromatic rings. The zero-order valence-corrected chi connectivity index (χ0v) is 18.4. The van der Waals surface area contributed by atoms with Gasteiger partial charge in [-0.05, 0) is 77.1 Å². The summed E-state index contributed by atoms with van der Waals surface area (Å²) >= 11 is 0. The first-order valence-corrected chi connectivity index (χ1v) is 11.5. The number of aromatic nitrogens is 2. The smallest absolute Gasteiger partial charge is 0.107 e. The number of benzene rings is 1. The van der Waals surface area contributed by atoms with E-state index in [9.17, 15) is 5.11 Å². The number of nitrogens with zero attached hydrogens (tertiary/aromatic N) is 2. The van der Waals surface area contributed by atoms with Crippen LogP contribution in [0.3, 0.4) is 0 Å². The van der Waals surface area contributed by atoms with Gasteiger partial charge in [-0.15, -0.1) is 0 Å². The summed E-state index contributed by atoms with van der Waals surface area (Å²) in [5, 5.41) is 11.5. The molecule has 5 rings (SSSR count). The number of hydrogen-bond acceptors (Lipinski definition) is 3. The highest BCUT2D eigenvalue weighted by molar-refractivity contribution is 5.74. The Morgan fingerprint density at radius 2 is 2.03 bits per heavy atom. The lowest BCUT2D eigenvalue weighted by Crippen LogP contribution is -2.50. The van der Waals surface area contributed by atoms with Crippen LogP contribution in [0.2, 0.25) is 0 Å². The van der Waals surface area contributed by atoms with E-state index in [0.717, 1.165) is 55.6 Å². The van der Waals surface area contributed by atoms with E-state index in [1.807, 2.05) is 12.1 Å². The normalized spacial score (nSPS) is 26.8. The van der Waals surface area contributed by atoms with Gasteiger partial charge in [0.15, 0.2) is 0 Å². The summed E-state index contributed by atoms with van der Waals surface area (Å²) in [6.07, 6.45) is 8.84. The minimum absolute atomic E-state index is 0.387. The van der Waals surface area contributed by atoms with Gasteiger partial charge in [0, 0.05) is 18.9 Å². The Bertz CT molecular complexity index is 837. The number of aryl methyl sites for hydroxylation is 1. The van der Waals surface area contributed by atoms with Crippen LogP contribution in [0.15, 0.2) is 35.4 Å². The average molecular weight is 396 g/mol. The first-order chi connectivity index (χ1) is 14.0. The molecule has 3 atom stereocenters. The van der Waals surface area contributed by atoms with Crippen molar-refractivity contribution in [2.45, 2.75) is 70.8 Å². The molecule has 4 nitrogen and oxygen atoms in total. The minimum Gasteiger partial charge on any atom is -0.389 e. The SMILES string of the molecule is CCCC1=C(C)[C@H]2CC[C@@H]1C[C@@]2(O)CCN(C)CCCc1nc2ccccc2[nH]1. The standard InChI is InChI=1S/C25H37N3O/c1-4-8-20-18(2)21-13-12-19(20)17-25(21,29)14-16-28(3)15-7-11-24-26-22-9-5-6-10-23(22)27-24/h5-6,9-10,19,21,29H,4,7-8,11-17H2,1-3H3,(H,26,27)/t19-,21-,25+/m1/s1. The number of para-hydroxylation sites is 2. The van der Waals surface area contributed by atoms with Crippen LogP contribution < -0.4 is 0 Å². The van der Waals surface area contributed by atoms with Gasteiger partial charge in [0.05, 0.1) is 16.6 Å². The number of aliphatic hydroxyl groups is 1. The third-order valence-electron chi connectivity index (χ3n) is 7.41. The molecule has 0 saturated heterocycles.